The van der Waals surface area contributed by atoms with Crippen molar-refractivity contribution in [2.24, 2.45) is 5.92 Å². The van der Waals surface area contributed by atoms with Gasteiger partial charge < -0.3 is 0 Å². The maximum Gasteiger partial charge on any atom is -0.0414 e. The second-order valence-electron chi connectivity index (χ2n) is 6.62. The molecule has 0 aromatic heterocycles. The quantitative estimate of drug-likeness (QED) is 0.254. The van der Waals surface area contributed by atoms with Crippen molar-refractivity contribution >= 4 is 0 Å². The molecule has 0 saturated carbocycles. The lowest BCUT2D eigenvalue weighted by Gasteiger charge is -2.16. The van der Waals surface area contributed by atoms with E-state index in [1.165, 1.54) is 96.3 Å². The SMILES string of the molecule is [CH2]CCCCCCCCC(CCC)CCCCCCC. The fraction of sp³-hybridized carbons (Fsp3) is 0.950. The highest BCUT2D eigenvalue weighted by molar-refractivity contribution is 4.60. The summed E-state index contributed by atoms with van der Waals surface area (Å²) in [5.41, 5.74) is 0. The Morgan fingerprint density at radius 2 is 1.05 bits per heavy atom. The monoisotopic (exact) mass is 281 g/mol. The Balaban J connectivity index is 3.44. The average molecular weight is 282 g/mol. The third-order valence-corrected chi connectivity index (χ3v) is 4.53. The largest absolute Gasteiger partial charge is 0.0654 e. The summed E-state index contributed by atoms with van der Waals surface area (Å²) < 4.78 is 0. The topological polar surface area (TPSA) is 0 Å². The van der Waals surface area contributed by atoms with E-state index in [2.05, 4.69) is 20.8 Å². The van der Waals surface area contributed by atoms with E-state index in [0.717, 1.165) is 12.3 Å². The predicted octanol–water partition coefficient (Wildman–Crippen LogP) is 7.72. The standard InChI is InChI=1S/C20H41/c1-4-7-9-11-12-14-16-19-20(17-6-3)18-15-13-10-8-5-2/h20H,1,4-19H2,2-3H3. The Labute approximate surface area is 130 Å². The van der Waals surface area contributed by atoms with Gasteiger partial charge >= 0.3 is 0 Å². The fourth-order valence-electron chi connectivity index (χ4n) is 3.19. The van der Waals surface area contributed by atoms with E-state index >= 15 is 0 Å². The van der Waals surface area contributed by atoms with Gasteiger partial charge in [0.25, 0.3) is 0 Å². The van der Waals surface area contributed by atoms with Gasteiger partial charge in [-0.2, -0.15) is 0 Å². The van der Waals surface area contributed by atoms with Gasteiger partial charge in [0.1, 0.15) is 0 Å². The van der Waals surface area contributed by atoms with Crippen LogP contribution in [0.4, 0.5) is 0 Å². The fourth-order valence-corrected chi connectivity index (χ4v) is 3.19. The Morgan fingerprint density at radius 3 is 1.55 bits per heavy atom. The summed E-state index contributed by atoms with van der Waals surface area (Å²) in [7, 11) is 0. The summed E-state index contributed by atoms with van der Waals surface area (Å²) in [6, 6.07) is 0. The molecule has 0 fully saturated rings. The molecule has 0 N–H and O–H groups in total. The molecule has 0 aromatic carbocycles. The van der Waals surface area contributed by atoms with Crippen LogP contribution in [0.3, 0.4) is 0 Å². The van der Waals surface area contributed by atoms with Gasteiger partial charge in [-0.15, -0.1) is 0 Å². The highest BCUT2D eigenvalue weighted by Gasteiger charge is 2.07. The minimum atomic E-state index is 1.03. The number of unbranched alkanes of at least 4 members (excludes halogenated alkanes) is 10. The molecule has 0 spiro atoms. The molecule has 0 saturated heterocycles. The molecular weight excluding hydrogens is 240 g/mol. The van der Waals surface area contributed by atoms with Crippen LogP contribution in [0.5, 0.6) is 0 Å². The molecule has 0 heterocycles. The Morgan fingerprint density at radius 1 is 0.550 bits per heavy atom. The molecule has 0 bridgehead atoms. The van der Waals surface area contributed by atoms with Crippen LogP contribution in [0.15, 0.2) is 0 Å². The Hall–Kier alpha value is 0. The minimum Gasteiger partial charge on any atom is -0.0654 e. The van der Waals surface area contributed by atoms with Crippen LogP contribution in [-0.4, -0.2) is 0 Å². The smallest absolute Gasteiger partial charge is 0.0414 e. The highest BCUT2D eigenvalue weighted by Crippen LogP contribution is 2.23. The number of hydrogen-bond donors (Lipinski definition) is 0. The zero-order valence-electron chi connectivity index (χ0n) is 14.6. The number of rotatable bonds is 16. The molecule has 0 aromatic rings. The maximum atomic E-state index is 3.91. The van der Waals surface area contributed by atoms with Crippen molar-refractivity contribution < 1.29 is 0 Å². The van der Waals surface area contributed by atoms with E-state index in [1.807, 2.05) is 0 Å². The first-order valence-corrected chi connectivity index (χ1v) is 9.64. The molecule has 1 radical (unpaired) electrons. The molecule has 0 aliphatic rings. The molecule has 0 nitrogen and oxygen atoms in total. The molecule has 0 rings (SSSR count). The van der Waals surface area contributed by atoms with Crippen molar-refractivity contribution in [3.8, 4) is 0 Å². The summed E-state index contributed by atoms with van der Waals surface area (Å²) in [5.74, 6) is 1.03. The van der Waals surface area contributed by atoms with E-state index < -0.39 is 0 Å². The van der Waals surface area contributed by atoms with Gasteiger partial charge in [-0.3, -0.25) is 0 Å². The van der Waals surface area contributed by atoms with Gasteiger partial charge in [-0.25, -0.2) is 0 Å². The van der Waals surface area contributed by atoms with Gasteiger partial charge in [0, 0.05) is 0 Å². The summed E-state index contributed by atoms with van der Waals surface area (Å²) in [6.45, 7) is 8.56. The zero-order chi connectivity index (χ0) is 14.9. The van der Waals surface area contributed by atoms with Crippen LogP contribution in [0.2, 0.25) is 0 Å². The molecule has 20 heavy (non-hydrogen) atoms. The highest BCUT2D eigenvalue weighted by atomic mass is 14.1. The molecule has 0 heteroatoms. The van der Waals surface area contributed by atoms with Gasteiger partial charge in [-0.05, 0) is 5.92 Å². The summed E-state index contributed by atoms with van der Waals surface area (Å²) >= 11 is 0. The zero-order valence-corrected chi connectivity index (χ0v) is 14.6. The van der Waals surface area contributed by atoms with Gasteiger partial charge in [-0.1, -0.05) is 124 Å². The van der Waals surface area contributed by atoms with Crippen LogP contribution >= 0.6 is 0 Å². The second-order valence-corrected chi connectivity index (χ2v) is 6.62. The normalized spacial score (nSPS) is 12.8. The summed E-state index contributed by atoms with van der Waals surface area (Å²) in [5, 5.41) is 0. The second kappa shape index (κ2) is 17.1. The van der Waals surface area contributed by atoms with Crippen molar-refractivity contribution in [2.75, 3.05) is 0 Å². The molecular formula is C20H41. The van der Waals surface area contributed by atoms with E-state index in [9.17, 15) is 0 Å². The minimum absolute atomic E-state index is 1.03. The first kappa shape index (κ1) is 20.0. The van der Waals surface area contributed by atoms with Crippen LogP contribution in [0, 0.1) is 12.8 Å². The summed E-state index contributed by atoms with van der Waals surface area (Å²) in [4.78, 5) is 0. The first-order valence-electron chi connectivity index (χ1n) is 9.64. The van der Waals surface area contributed by atoms with Crippen molar-refractivity contribution in [3.63, 3.8) is 0 Å². The Kier molecular flexibility index (Phi) is 17.1. The average Bonchev–Trinajstić information content (AvgIpc) is 2.46. The Bertz CT molecular complexity index is 161. The van der Waals surface area contributed by atoms with Crippen LogP contribution in [0.1, 0.15) is 117 Å². The molecule has 0 aliphatic heterocycles. The van der Waals surface area contributed by atoms with Crippen LogP contribution in [0.25, 0.3) is 0 Å². The molecule has 0 aliphatic carbocycles. The van der Waals surface area contributed by atoms with Crippen LogP contribution < -0.4 is 0 Å². The van der Waals surface area contributed by atoms with Gasteiger partial charge in [0.2, 0.25) is 0 Å². The maximum absolute atomic E-state index is 3.91. The van der Waals surface area contributed by atoms with Gasteiger partial charge in [0.05, 0.1) is 0 Å². The summed E-state index contributed by atoms with van der Waals surface area (Å²) in [6.07, 6.45) is 22.7. The van der Waals surface area contributed by atoms with Crippen LogP contribution in [-0.2, 0) is 0 Å². The van der Waals surface area contributed by atoms with Crippen molar-refractivity contribution in [1.82, 2.24) is 0 Å². The third kappa shape index (κ3) is 14.4. The molecule has 1 unspecified atom stereocenters. The molecule has 0 amide bonds. The number of hydrogen-bond acceptors (Lipinski definition) is 0. The lowest BCUT2D eigenvalue weighted by molar-refractivity contribution is 0.377. The lowest BCUT2D eigenvalue weighted by atomic mass is 9.90. The van der Waals surface area contributed by atoms with Crippen molar-refractivity contribution in [2.45, 2.75) is 117 Å². The first-order chi connectivity index (χ1) is 9.85. The molecule has 1 atom stereocenters. The van der Waals surface area contributed by atoms with E-state index in [0.29, 0.717) is 0 Å². The molecule has 121 valence electrons. The van der Waals surface area contributed by atoms with Crippen molar-refractivity contribution in [3.05, 3.63) is 6.92 Å². The van der Waals surface area contributed by atoms with E-state index in [1.54, 1.807) is 0 Å². The van der Waals surface area contributed by atoms with Gasteiger partial charge in [0.15, 0.2) is 0 Å². The van der Waals surface area contributed by atoms with E-state index in [4.69, 9.17) is 0 Å². The third-order valence-electron chi connectivity index (χ3n) is 4.53. The van der Waals surface area contributed by atoms with Crippen molar-refractivity contribution in [1.29, 1.82) is 0 Å². The lowest BCUT2D eigenvalue weighted by Crippen LogP contribution is -2.00. The van der Waals surface area contributed by atoms with E-state index in [-0.39, 0.29) is 0 Å². The predicted molar refractivity (Wildman–Crippen MR) is 94.1 cm³/mol.